The summed E-state index contributed by atoms with van der Waals surface area (Å²) in [5.41, 5.74) is 2.10. The Hall–Kier alpha value is -1.76. The van der Waals surface area contributed by atoms with Gasteiger partial charge in [-0.15, -0.1) is 0 Å². The minimum atomic E-state index is 0.730. The highest BCUT2D eigenvalue weighted by Gasteiger charge is 1.91. The third-order valence-electron chi connectivity index (χ3n) is 1.96. The van der Waals surface area contributed by atoms with Crippen molar-refractivity contribution < 1.29 is 0 Å². The molecule has 0 aromatic heterocycles. The van der Waals surface area contributed by atoms with Crippen LogP contribution in [0.3, 0.4) is 0 Å². The Balaban J connectivity index is 4.34. The summed E-state index contributed by atoms with van der Waals surface area (Å²) in [5, 5.41) is 3.27. The molecule has 0 aromatic carbocycles. The van der Waals surface area contributed by atoms with Crippen molar-refractivity contribution in [3.63, 3.8) is 0 Å². The van der Waals surface area contributed by atoms with Crippen molar-refractivity contribution in [3.8, 4) is 0 Å². The second kappa shape index (κ2) is 9.78. The van der Waals surface area contributed by atoms with Gasteiger partial charge in [-0.3, -0.25) is 0 Å². The highest BCUT2D eigenvalue weighted by Crippen LogP contribution is 1.98. The number of allylic oxidation sites excluding steroid dienone is 6. The largest absolute Gasteiger partial charge is 0.381 e. The molecule has 0 aliphatic heterocycles. The van der Waals surface area contributed by atoms with E-state index in [-0.39, 0.29) is 0 Å². The molecule has 0 radical (unpaired) electrons. The average molecular weight is 215 g/mol. The van der Waals surface area contributed by atoms with E-state index in [4.69, 9.17) is 0 Å². The van der Waals surface area contributed by atoms with Crippen LogP contribution in [0.25, 0.3) is 0 Å². The van der Waals surface area contributed by atoms with Gasteiger partial charge >= 0.3 is 0 Å². The van der Waals surface area contributed by atoms with Gasteiger partial charge in [0.1, 0.15) is 0 Å². The summed E-state index contributed by atoms with van der Waals surface area (Å²) >= 11 is 0. The Labute approximate surface area is 99.3 Å². The summed E-state index contributed by atoms with van der Waals surface area (Å²) in [7, 11) is 0. The first-order valence-corrected chi connectivity index (χ1v) is 5.45. The second-order valence-corrected chi connectivity index (χ2v) is 3.20. The Kier molecular flexibility index (Phi) is 8.71. The molecular weight excluding hydrogens is 194 g/mol. The smallest absolute Gasteiger partial charge is 0.0400 e. The zero-order chi connectivity index (χ0) is 12.2. The molecule has 0 rings (SSSR count). The van der Waals surface area contributed by atoms with Gasteiger partial charge < -0.3 is 5.32 Å². The van der Waals surface area contributed by atoms with E-state index in [1.54, 1.807) is 12.2 Å². The lowest BCUT2D eigenvalue weighted by molar-refractivity contribution is 0.912. The molecule has 0 unspecified atom stereocenters. The lowest BCUT2D eigenvalue weighted by Crippen LogP contribution is -2.14. The molecule has 0 spiro atoms. The summed E-state index contributed by atoms with van der Waals surface area (Å²) in [4.78, 5) is 0. The van der Waals surface area contributed by atoms with Crippen LogP contribution < -0.4 is 5.32 Å². The van der Waals surface area contributed by atoms with Crippen LogP contribution in [0.15, 0.2) is 73.5 Å². The topological polar surface area (TPSA) is 12.0 Å². The van der Waals surface area contributed by atoms with E-state index in [2.05, 4.69) is 38.1 Å². The van der Waals surface area contributed by atoms with Crippen LogP contribution >= 0.6 is 0 Å². The molecule has 0 fully saturated rings. The molecule has 86 valence electrons. The Morgan fingerprint density at radius 3 is 2.38 bits per heavy atom. The van der Waals surface area contributed by atoms with Gasteiger partial charge in [-0.05, 0) is 24.1 Å². The van der Waals surface area contributed by atoms with Crippen molar-refractivity contribution in [1.29, 1.82) is 0 Å². The highest BCUT2D eigenvalue weighted by atomic mass is 14.9. The zero-order valence-corrected chi connectivity index (χ0v) is 10.1. The fraction of sp³-hybridized carbons (Fsp3) is 0.200. The average Bonchev–Trinajstić information content (AvgIpc) is 2.31. The number of nitrogens with one attached hydrogen (secondary N) is 1. The quantitative estimate of drug-likeness (QED) is 0.605. The maximum Gasteiger partial charge on any atom is 0.0400 e. The van der Waals surface area contributed by atoms with E-state index in [0.717, 1.165) is 24.2 Å². The number of rotatable bonds is 8. The molecule has 0 saturated heterocycles. The highest BCUT2D eigenvalue weighted by molar-refractivity contribution is 5.26. The first-order valence-electron chi connectivity index (χ1n) is 5.45. The maximum absolute atomic E-state index is 3.76. The summed E-state index contributed by atoms with van der Waals surface area (Å²) in [6.07, 6.45) is 14.5. The minimum absolute atomic E-state index is 0.730. The molecule has 1 heteroatoms. The predicted molar refractivity (Wildman–Crippen MR) is 74.2 cm³/mol. The fourth-order valence-electron chi connectivity index (χ4n) is 1.06. The Morgan fingerprint density at radius 1 is 1.12 bits per heavy atom. The van der Waals surface area contributed by atoms with E-state index in [9.17, 15) is 0 Å². The summed E-state index contributed by atoms with van der Waals surface area (Å²) in [6.45, 7) is 14.0. The predicted octanol–water partition coefficient (Wildman–Crippen LogP) is 3.91. The molecule has 0 amide bonds. The van der Waals surface area contributed by atoms with Crippen molar-refractivity contribution in [2.45, 2.75) is 13.3 Å². The molecule has 0 aliphatic carbocycles. The summed E-state index contributed by atoms with van der Waals surface area (Å²) < 4.78 is 0. The van der Waals surface area contributed by atoms with Gasteiger partial charge in [-0.1, -0.05) is 57.0 Å². The van der Waals surface area contributed by atoms with E-state index in [0.29, 0.717) is 0 Å². The molecule has 0 bridgehead atoms. The van der Waals surface area contributed by atoms with Gasteiger partial charge in [0.25, 0.3) is 0 Å². The molecule has 16 heavy (non-hydrogen) atoms. The molecule has 1 N–H and O–H groups in total. The van der Waals surface area contributed by atoms with Gasteiger partial charge in [0.2, 0.25) is 0 Å². The van der Waals surface area contributed by atoms with Gasteiger partial charge in [0.15, 0.2) is 0 Å². The second-order valence-electron chi connectivity index (χ2n) is 3.20. The third kappa shape index (κ3) is 6.66. The van der Waals surface area contributed by atoms with E-state index in [1.807, 2.05) is 24.3 Å². The molecule has 1 nitrogen and oxygen atoms in total. The molecule has 0 heterocycles. The minimum Gasteiger partial charge on any atom is -0.381 e. The monoisotopic (exact) mass is 215 g/mol. The van der Waals surface area contributed by atoms with Crippen molar-refractivity contribution in [1.82, 2.24) is 5.32 Å². The molecule has 0 saturated carbocycles. The Bertz CT molecular complexity index is 316. The molecule has 0 atom stereocenters. The molecule has 0 aromatic rings. The van der Waals surface area contributed by atoms with Crippen LogP contribution in [0.1, 0.15) is 13.3 Å². The third-order valence-corrected chi connectivity index (χ3v) is 1.96. The van der Waals surface area contributed by atoms with Crippen molar-refractivity contribution in [3.05, 3.63) is 73.5 Å². The van der Waals surface area contributed by atoms with E-state index < -0.39 is 0 Å². The van der Waals surface area contributed by atoms with Gasteiger partial charge in [-0.2, -0.15) is 0 Å². The van der Waals surface area contributed by atoms with Crippen LogP contribution in [-0.4, -0.2) is 6.54 Å². The zero-order valence-electron chi connectivity index (χ0n) is 10.1. The van der Waals surface area contributed by atoms with Gasteiger partial charge in [-0.25, -0.2) is 0 Å². The fourth-order valence-corrected chi connectivity index (χ4v) is 1.06. The number of hydrogen-bond acceptors (Lipinski definition) is 1. The van der Waals surface area contributed by atoms with Gasteiger partial charge in [0.05, 0.1) is 0 Å². The number of hydrogen-bond donors (Lipinski definition) is 1. The summed E-state index contributed by atoms with van der Waals surface area (Å²) in [5.74, 6) is 0. The van der Waals surface area contributed by atoms with Crippen LogP contribution in [0.5, 0.6) is 0 Å². The van der Waals surface area contributed by atoms with Crippen LogP contribution in [0.2, 0.25) is 0 Å². The van der Waals surface area contributed by atoms with E-state index in [1.165, 1.54) is 0 Å². The van der Waals surface area contributed by atoms with Crippen LogP contribution in [0, 0.1) is 0 Å². The molecular formula is C15H21N. The van der Waals surface area contributed by atoms with Crippen molar-refractivity contribution >= 4 is 0 Å². The SMILES string of the molecule is C=C/C=C(\C=C)CN/C(C=C)=C/C=C\CC. The normalized spacial score (nSPS) is 12.6. The van der Waals surface area contributed by atoms with Gasteiger partial charge in [0, 0.05) is 12.2 Å². The first-order chi connectivity index (χ1) is 7.78. The summed E-state index contributed by atoms with van der Waals surface area (Å²) in [6, 6.07) is 0. The maximum atomic E-state index is 3.76. The van der Waals surface area contributed by atoms with Crippen molar-refractivity contribution in [2.75, 3.05) is 6.54 Å². The Morgan fingerprint density at radius 2 is 1.88 bits per heavy atom. The molecule has 0 aliphatic rings. The lowest BCUT2D eigenvalue weighted by atomic mass is 10.2. The van der Waals surface area contributed by atoms with Crippen LogP contribution in [0.4, 0.5) is 0 Å². The van der Waals surface area contributed by atoms with Crippen molar-refractivity contribution in [2.24, 2.45) is 0 Å². The first kappa shape index (κ1) is 14.2. The lowest BCUT2D eigenvalue weighted by Gasteiger charge is -2.06. The van der Waals surface area contributed by atoms with E-state index >= 15 is 0 Å². The van der Waals surface area contributed by atoms with Crippen LogP contribution in [-0.2, 0) is 0 Å². The standard InChI is InChI=1S/C15H21N/c1-5-9-10-12-15(8-4)16-13-14(7-3)11-6-2/h6-12,16H,2-5,13H2,1H3/b10-9-,14-11+,15-12+.